The van der Waals surface area contributed by atoms with Gasteiger partial charge in [0.15, 0.2) is 0 Å². The molecule has 5 nitrogen and oxygen atoms in total. The molecule has 1 amide bonds. The summed E-state index contributed by atoms with van der Waals surface area (Å²) < 4.78 is 6.38. The summed E-state index contributed by atoms with van der Waals surface area (Å²) in [6, 6.07) is 0. The molecule has 0 spiro atoms. The predicted molar refractivity (Wildman–Crippen MR) is 44.9 cm³/mol. The van der Waals surface area contributed by atoms with E-state index in [2.05, 4.69) is 9.84 Å². The van der Waals surface area contributed by atoms with Gasteiger partial charge in [-0.1, -0.05) is 0 Å². The van der Waals surface area contributed by atoms with Crippen LogP contribution in [0.4, 0.5) is 4.79 Å². The van der Waals surface area contributed by atoms with Crippen molar-refractivity contribution in [2.75, 3.05) is 7.11 Å². The van der Waals surface area contributed by atoms with E-state index in [1.807, 2.05) is 13.2 Å². The summed E-state index contributed by atoms with van der Waals surface area (Å²) in [6.45, 7) is 1.17. The van der Waals surface area contributed by atoms with Crippen LogP contribution in [0.5, 0.6) is 0 Å². The van der Waals surface area contributed by atoms with Crippen LogP contribution < -0.4 is 0 Å². The Morgan fingerprint density at radius 2 is 2.38 bits per heavy atom. The van der Waals surface area contributed by atoms with Crippen LogP contribution in [0.2, 0.25) is 0 Å². The Balaban J connectivity index is 2.15. The number of amides is 1. The van der Waals surface area contributed by atoms with Crippen LogP contribution in [0.15, 0.2) is 6.20 Å². The number of hydrogen-bond donors (Lipinski definition) is 0. The minimum absolute atomic E-state index is 0.291. The van der Waals surface area contributed by atoms with Gasteiger partial charge < -0.3 is 4.74 Å². The molecule has 0 atom stereocenters. The first-order valence-electron chi connectivity index (χ1n) is 4.05. The van der Waals surface area contributed by atoms with Crippen molar-refractivity contribution in [3.05, 3.63) is 17.5 Å². The fraction of sp³-hybridized carbons (Fsp3) is 0.500. The van der Waals surface area contributed by atoms with E-state index in [-0.39, 0.29) is 6.09 Å². The monoisotopic (exact) mass is 181 g/mol. The van der Waals surface area contributed by atoms with Crippen LogP contribution in [0.1, 0.15) is 11.3 Å². The molecular formula is C8H11N3O2. The maximum atomic E-state index is 11.1. The van der Waals surface area contributed by atoms with Gasteiger partial charge in [0.05, 0.1) is 25.9 Å². The lowest BCUT2D eigenvalue weighted by atomic mass is 10.3. The van der Waals surface area contributed by atoms with Crippen molar-refractivity contribution in [1.82, 2.24) is 14.7 Å². The minimum Gasteiger partial charge on any atom is -0.453 e. The first-order valence-corrected chi connectivity index (χ1v) is 4.05. The number of ether oxygens (including phenoxy) is 1. The quantitative estimate of drug-likeness (QED) is 0.585. The van der Waals surface area contributed by atoms with Gasteiger partial charge in [-0.05, 0) is 0 Å². The van der Waals surface area contributed by atoms with Gasteiger partial charge in [0.1, 0.15) is 0 Å². The highest BCUT2D eigenvalue weighted by Gasteiger charge is 2.26. The van der Waals surface area contributed by atoms with Crippen molar-refractivity contribution in [3.63, 3.8) is 0 Å². The Kier molecular flexibility index (Phi) is 1.72. The highest BCUT2D eigenvalue weighted by Crippen LogP contribution is 2.20. The van der Waals surface area contributed by atoms with E-state index >= 15 is 0 Å². The van der Waals surface area contributed by atoms with Gasteiger partial charge in [0.2, 0.25) is 0 Å². The van der Waals surface area contributed by atoms with Gasteiger partial charge in [-0.3, -0.25) is 9.58 Å². The summed E-state index contributed by atoms with van der Waals surface area (Å²) in [4.78, 5) is 12.8. The zero-order valence-electron chi connectivity index (χ0n) is 7.65. The van der Waals surface area contributed by atoms with E-state index in [0.29, 0.717) is 13.1 Å². The molecule has 13 heavy (non-hydrogen) atoms. The number of fused-ring (bicyclic) bond motifs is 1. The highest BCUT2D eigenvalue weighted by molar-refractivity contribution is 5.68. The van der Waals surface area contributed by atoms with Gasteiger partial charge in [-0.15, -0.1) is 0 Å². The molecule has 0 bridgehead atoms. The summed E-state index contributed by atoms with van der Waals surface area (Å²) in [7, 11) is 3.26. The Morgan fingerprint density at radius 1 is 1.62 bits per heavy atom. The van der Waals surface area contributed by atoms with Gasteiger partial charge in [0, 0.05) is 18.8 Å². The molecular weight excluding hydrogens is 170 g/mol. The molecule has 0 radical (unpaired) electrons. The number of aromatic nitrogens is 2. The third-order valence-electron chi connectivity index (χ3n) is 2.13. The lowest BCUT2D eigenvalue weighted by molar-refractivity contribution is 0.122. The number of aryl methyl sites for hydroxylation is 1. The van der Waals surface area contributed by atoms with Crippen LogP contribution in [0.3, 0.4) is 0 Å². The van der Waals surface area contributed by atoms with Gasteiger partial charge >= 0.3 is 6.09 Å². The number of rotatable bonds is 0. The van der Waals surface area contributed by atoms with Crippen LogP contribution in [-0.2, 0) is 24.9 Å². The molecule has 0 unspecified atom stereocenters. The zero-order valence-corrected chi connectivity index (χ0v) is 7.65. The van der Waals surface area contributed by atoms with Crippen molar-refractivity contribution in [1.29, 1.82) is 0 Å². The zero-order chi connectivity index (χ0) is 9.42. The summed E-state index contributed by atoms with van der Waals surface area (Å²) in [6.07, 6.45) is 1.64. The first kappa shape index (κ1) is 8.10. The van der Waals surface area contributed by atoms with Gasteiger partial charge in [0.25, 0.3) is 0 Å². The first-order chi connectivity index (χ1) is 6.20. The molecule has 70 valence electrons. The second-order valence-electron chi connectivity index (χ2n) is 3.10. The number of hydrogen-bond acceptors (Lipinski definition) is 3. The van der Waals surface area contributed by atoms with Crippen LogP contribution >= 0.6 is 0 Å². The van der Waals surface area contributed by atoms with Crippen LogP contribution in [-0.4, -0.2) is 27.9 Å². The average Bonchev–Trinajstić information content (AvgIpc) is 2.59. The van der Waals surface area contributed by atoms with E-state index < -0.39 is 0 Å². The van der Waals surface area contributed by atoms with E-state index in [4.69, 9.17) is 0 Å². The molecule has 0 saturated carbocycles. The fourth-order valence-electron chi connectivity index (χ4n) is 1.55. The molecule has 0 N–H and O–H groups in total. The second kappa shape index (κ2) is 2.76. The molecule has 1 aromatic heterocycles. The lowest BCUT2D eigenvalue weighted by Gasteiger charge is -2.12. The number of nitrogens with zero attached hydrogens (tertiary/aromatic N) is 3. The Hall–Kier alpha value is -1.52. The maximum absolute atomic E-state index is 11.1. The topological polar surface area (TPSA) is 47.4 Å². The summed E-state index contributed by atoms with van der Waals surface area (Å²) >= 11 is 0. The molecule has 5 heteroatoms. The van der Waals surface area contributed by atoms with E-state index in [9.17, 15) is 4.79 Å². The predicted octanol–water partition coefficient (Wildman–Crippen LogP) is 0.502. The maximum Gasteiger partial charge on any atom is 0.410 e. The van der Waals surface area contributed by atoms with E-state index in [1.54, 1.807) is 9.58 Å². The lowest BCUT2D eigenvalue weighted by Crippen LogP contribution is -2.25. The fourth-order valence-corrected chi connectivity index (χ4v) is 1.55. The molecule has 1 aliphatic heterocycles. The number of methoxy groups -OCH3 is 1. The van der Waals surface area contributed by atoms with Crippen molar-refractivity contribution in [2.24, 2.45) is 7.05 Å². The highest BCUT2D eigenvalue weighted by atomic mass is 16.5. The molecule has 2 rings (SSSR count). The van der Waals surface area contributed by atoms with E-state index in [0.717, 1.165) is 11.3 Å². The average molecular weight is 181 g/mol. The SMILES string of the molecule is COC(=O)N1Cc2cn(C)nc2C1. The van der Waals surface area contributed by atoms with Crippen molar-refractivity contribution < 1.29 is 9.53 Å². The third kappa shape index (κ3) is 1.26. The summed E-state index contributed by atoms with van der Waals surface area (Å²) in [5.41, 5.74) is 2.07. The smallest absolute Gasteiger partial charge is 0.410 e. The van der Waals surface area contributed by atoms with Crippen molar-refractivity contribution in [3.8, 4) is 0 Å². The largest absolute Gasteiger partial charge is 0.453 e. The van der Waals surface area contributed by atoms with Gasteiger partial charge in [-0.25, -0.2) is 4.79 Å². The standard InChI is InChI=1S/C8H11N3O2/c1-10-3-6-4-11(8(12)13-2)5-7(6)9-10/h3H,4-5H2,1-2H3. The Morgan fingerprint density at radius 3 is 3.00 bits per heavy atom. The Bertz CT molecular complexity index is 322. The number of carbonyl (C=O) groups is 1. The molecule has 2 heterocycles. The summed E-state index contributed by atoms with van der Waals surface area (Å²) in [5.74, 6) is 0. The number of carbonyl (C=O) groups excluding carboxylic acids is 1. The Labute approximate surface area is 75.9 Å². The molecule has 0 fully saturated rings. The molecule has 1 aromatic rings. The van der Waals surface area contributed by atoms with Crippen molar-refractivity contribution in [2.45, 2.75) is 13.1 Å². The summed E-state index contributed by atoms with van der Waals surface area (Å²) in [5, 5.41) is 4.23. The molecule has 0 saturated heterocycles. The van der Waals surface area contributed by atoms with Crippen LogP contribution in [0.25, 0.3) is 0 Å². The third-order valence-corrected chi connectivity index (χ3v) is 2.13. The molecule has 0 aliphatic carbocycles. The molecule has 0 aromatic carbocycles. The second-order valence-corrected chi connectivity index (χ2v) is 3.10. The minimum atomic E-state index is -0.291. The van der Waals surface area contributed by atoms with Crippen molar-refractivity contribution >= 4 is 6.09 Å². The molecule has 1 aliphatic rings. The van der Waals surface area contributed by atoms with E-state index in [1.165, 1.54) is 7.11 Å². The normalized spacial score (nSPS) is 14.5. The van der Waals surface area contributed by atoms with Gasteiger partial charge in [-0.2, -0.15) is 5.10 Å². The van der Waals surface area contributed by atoms with Crippen LogP contribution in [0, 0.1) is 0 Å².